The van der Waals surface area contributed by atoms with E-state index in [4.69, 9.17) is 22.3 Å². The predicted octanol–water partition coefficient (Wildman–Crippen LogP) is -2.23. The number of unbranched alkanes of at least 4 members (excludes halogenated alkanes) is 1. The fourth-order valence-corrected chi connectivity index (χ4v) is 3.06. The molecule has 0 aliphatic carbocycles. The van der Waals surface area contributed by atoms with Crippen LogP contribution in [0.1, 0.15) is 58.8 Å². The summed E-state index contributed by atoms with van der Waals surface area (Å²) in [5.41, 5.74) is 16.3. The van der Waals surface area contributed by atoms with Crippen LogP contribution in [0.5, 0.6) is 0 Å². The van der Waals surface area contributed by atoms with Gasteiger partial charge < -0.3 is 43.4 Å². The van der Waals surface area contributed by atoms with E-state index in [0.29, 0.717) is 25.8 Å². The highest BCUT2D eigenvalue weighted by molar-refractivity contribution is 5.94. The predicted molar refractivity (Wildman–Crippen MR) is 124 cm³/mol. The number of carbonyl (C=O) groups is 6. The van der Waals surface area contributed by atoms with E-state index in [1.165, 1.54) is 0 Å². The number of primary amides is 1. The second-order valence-electron chi connectivity index (χ2n) is 8.33. The third-order valence-electron chi connectivity index (χ3n) is 5.40. The highest BCUT2D eigenvalue weighted by atomic mass is 16.4. The molecule has 35 heavy (non-hydrogen) atoms. The summed E-state index contributed by atoms with van der Waals surface area (Å²) < 4.78 is 0. The Morgan fingerprint density at radius 2 is 1.46 bits per heavy atom. The molecule has 0 rings (SSSR count). The Hall–Kier alpha value is -3.26. The molecule has 0 aromatic carbocycles. The van der Waals surface area contributed by atoms with Crippen molar-refractivity contribution in [2.75, 3.05) is 6.54 Å². The van der Waals surface area contributed by atoms with Gasteiger partial charge in [0.15, 0.2) is 0 Å². The van der Waals surface area contributed by atoms with Crippen LogP contribution in [0.3, 0.4) is 0 Å². The first-order valence-electron chi connectivity index (χ1n) is 11.4. The number of hydrogen-bond acceptors (Lipinski definition) is 8. The summed E-state index contributed by atoms with van der Waals surface area (Å²) in [6, 6.07) is -5.05. The lowest BCUT2D eigenvalue weighted by Gasteiger charge is -2.28. The van der Waals surface area contributed by atoms with E-state index in [1.54, 1.807) is 13.8 Å². The lowest BCUT2D eigenvalue weighted by Crippen LogP contribution is -2.58. The molecule has 0 radical (unpaired) electrons. The van der Waals surface area contributed by atoms with Crippen molar-refractivity contribution in [3.8, 4) is 0 Å². The number of carboxylic acids is 2. The first kappa shape index (κ1) is 31.7. The van der Waals surface area contributed by atoms with Crippen molar-refractivity contribution in [3.05, 3.63) is 0 Å². The van der Waals surface area contributed by atoms with Crippen LogP contribution in [-0.2, 0) is 28.8 Å². The largest absolute Gasteiger partial charge is 0.481 e. The first-order valence-corrected chi connectivity index (χ1v) is 11.4. The molecule has 11 N–H and O–H groups in total. The second-order valence-corrected chi connectivity index (χ2v) is 8.33. The number of carboxylic acid groups (broad SMARTS) is 2. The number of amides is 4. The summed E-state index contributed by atoms with van der Waals surface area (Å²) >= 11 is 0. The van der Waals surface area contributed by atoms with Gasteiger partial charge in [-0.2, -0.15) is 0 Å². The zero-order valence-electron chi connectivity index (χ0n) is 20.1. The molecular formula is C21H38N6O8. The average molecular weight is 503 g/mol. The van der Waals surface area contributed by atoms with Crippen LogP contribution in [0.15, 0.2) is 0 Å². The highest BCUT2D eigenvalue weighted by Gasteiger charge is 2.32. The maximum Gasteiger partial charge on any atom is 0.326 e. The van der Waals surface area contributed by atoms with Gasteiger partial charge in [-0.3, -0.25) is 24.0 Å². The van der Waals surface area contributed by atoms with Gasteiger partial charge in [0.1, 0.15) is 18.1 Å². The normalized spacial score (nSPS) is 15.1. The van der Waals surface area contributed by atoms with Crippen LogP contribution in [-0.4, -0.2) is 76.5 Å². The van der Waals surface area contributed by atoms with E-state index in [-0.39, 0.29) is 25.2 Å². The Labute approximate surface area is 203 Å². The number of rotatable bonds is 18. The number of nitrogens with two attached hydrogens (primary N) is 3. The fraction of sp³-hybridized carbons (Fsp3) is 0.714. The van der Waals surface area contributed by atoms with E-state index in [0.717, 1.165) is 0 Å². The van der Waals surface area contributed by atoms with E-state index in [2.05, 4.69) is 16.0 Å². The quantitative estimate of drug-likeness (QED) is 0.0935. The summed E-state index contributed by atoms with van der Waals surface area (Å²) in [7, 11) is 0. The van der Waals surface area contributed by atoms with Crippen LogP contribution >= 0.6 is 0 Å². The van der Waals surface area contributed by atoms with Crippen LogP contribution in [0.2, 0.25) is 0 Å². The first-order chi connectivity index (χ1) is 16.3. The van der Waals surface area contributed by atoms with E-state index in [1.807, 2.05) is 0 Å². The smallest absolute Gasteiger partial charge is 0.326 e. The molecule has 0 aliphatic heterocycles. The van der Waals surface area contributed by atoms with Gasteiger partial charge in [-0.25, -0.2) is 4.79 Å². The minimum absolute atomic E-state index is 0.0136. The summed E-state index contributed by atoms with van der Waals surface area (Å²) in [5.74, 6) is -6.21. The number of nitrogens with one attached hydrogen (secondary N) is 3. The van der Waals surface area contributed by atoms with Gasteiger partial charge in [0.25, 0.3) is 0 Å². The van der Waals surface area contributed by atoms with Gasteiger partial charge in [-0.15, -0.1) is 0 Å². The van der Waals surface area contributed by atoms with Crippen molar-refractivity contribution in [3.63, 3.8) is 0 Å². The van der Waals surface area contributed by atoms with Gasteiger partial charge >= 0.3 is 11.9 Å². The Balaban J connectivity index is 5.56. The SMILES string of the molecule is CCC(C)C(NC(=O)C(N)CCC(N)=O)C(=O)NC(CCCCN)C(=O)NC(CC(=O)O)C(=O)O. The minimum Gasteiger partial charge on any atom is -0.481 e. The molecule has 14 heteroatoms. The van der Waals surface area contributed by atoms with Gasteiger partial charge in [0, 0.05) is 6.42 Å². The standard InChI is InChI=1S/C21H38N6O8/c1-3-11(2)17(27-18(31)12(23)7-8-15(24)28)20(33)25-13(6-4-5-9-22)19(32)26-14(21(34)35)10-16(29)30/h11-14,17H,3-10,22-23H2,1-2H3,(H2,24,28)(H,25,33)(H,26,32)(H,27,31)(H,29,30)(H,34,35). The molecule has 4 amide bonds. The van der Waals surface area contributed by atoms with Crippen LogP contribution in [0, 0.1) is 5.92 Å². The zero-order chi connectivity index (χ0) is 27.1. The molecule has 0 saturated heterocycles. The third-order valence-corrected chi connectivity index (χ3v) is 5.40. The molecule has 0 bridgehead atoms. The lowest BCUT2D eigenvalue weighted by molar-refractivity contribution is -0.147. The monoisotopic (exact) mass is 502 g/mol. The molecular weight excluding hydrogens is 464 g/mol. The molecule has 0 spiro atoms. The van der Waals surface area contributed by atoms with Crippen molar-refractivity contribution in [1.29, 1.82) is 0 Å². The zero-order valence-corrected chi connectivity index (χ0v) is 20.1. The topological polar surface area (TPSA) is 257 Å². The van der Waals surface area contributed by atoms with Gasteiger partial charge in [-0.1, -0.05) is 20.3 Å². The highest BCUT2D eigenvalue weighted by Crippen LogP contribution is 2.11. The maximum absolute atomic E-state index is 13.1. The maximum atomic E-state index is 13.1. The number of aliphatic carboxylic acids is 2. The van der Waals surface area contributed by atoms with Gasteiger partial charge in [0.2, 0.25) is 23.6 Å². The van der Waals surface area contributed by atoms with Crippen LogP contribution in [0.25, 0.3) is 0 Å². The van der Waals surface area contributed by atoms with Crippen molar-refractivity contribution in [1.82, 2.24) is 16.0 Å². The molecule has 0 saturated carbocycles. The molecule has 0 heterocycles. The van der Waals surface area contributed by atoms with E-state index < -0.39 is 66.2 Å². The molecule has 0 fully saturated rings. The number of hydrogen-bond donors (Lipinski definition) is 8. The Morgan fingerprint density at radius 3 is 1.94 bits per heavy atom. The molecule has 14 nitrogen and oxygen atoms in total. The third kappa shape index (κ3) is 12.7. The molecule has 5 unspecified atom stereocenters. The van der Waals surface area contributed by atoms with Crippen LogP contribution in [0.4, 0.5) is 0 Å². The fourth-order valence-electron chi connectivity index (χ4n) is 3.06. The van der Waals surface area contributed by atoms with Crippen molar-refractivity contribution in [2.24, 2.45) is 23.1 Å². The average Bonchev–Trinajstić information content (AvgIpc) is 2.78. The minimum atomic E-state index is -1.69. The van der Waals surface area contributed by atoms with Crippen LogP contribution < -0.4 is 33.2 Å². The second kappa shape index (κ2) is 16.4. The summed E-state index contributed by atoms with van der Waals surface area (Å²) in [6.07, 6.45) is 0.562. The molecule has 0 aromatic heterocycles. The lowest BCUT2D eigenvalue weighted by atomic mass is 9.96. The molecule has 200 valence electrons. The molecule has 0 aliphatic rings. The summed E-state index contributed by atoms with van der Waals surface area (Å²) in [5, 5.41) is 25.3. The molecule has 0 aromatic rings. The van der Waals surface area contributed by atoms with Crippen molar-refractivity contribution >= 4 is 35.6 Å². The molecule has 5 atom stereocenters. The Bertz CT molecular complexity index is 762. The van der Waals surface area contributed by atoms with Gasteiger partial charge in [0.05, 0.1) is 12.5 Å². The van der Waals surface area contributed by atoms with E-state index in [9.17, 15) is 33.9 Å². The van der Waals surface area contributed by atoms with Crippen molar-refractivity contribution < 1.29 is 39.0 Å². The van der Waals surface area contributed by atoms with Gasteiger partial charge in [-0.05, 0) is 38.1 Å². The Morgan fingerprint density at radius 1 is 0.857 bits per heavy atom. The van der Waals surface area contributed by atoms with E-state index >= 15 is 0 Å². The Kier molecular flexibility index (Phi) is 14.9. The summed E-state index contributed by atoms with van der Waals surface area (Å²) in [6.45, 7) is 3.82. The van der Waals surface area contributed by atoms with Crippen molar-refractivity contribution in [2.45, 2.75) is 83.0 Å². The number of carbonyl (C=O) groups excluding carboxylic acids is 4. The summed E-state index contributed by atoms with van der Waals surface area (Å²) in [4.78, 5) is 71.4.